The van der Waals surface area contributed by atoms with Gasteiger partial charge in [-0.05, 0) is 30.7 Å². The van der Waals surface area contributed by atoms with Crippen molar-refractivity contribution in [2.45, 2.75) is 25.8 Å². The Bertz CT molecular complexity index is 701. The van der Waals surface area contributed by atoms with Crippen molar-refractivity contribution in [1.82, 2.24) is 9.88 Å². The topological polar surface area (TPSA) is 40.5 Å². The molecule has 1 aliphatic rings. The number of carbonyl (C=O) groups excluding carboxylic acids is 1. The summed E-state index contributed by atoms with van der Waals surface area (Å²) in [5.74, 6) is 0.106. The van der Waals surface area contributed by atoms with E-state index in [2.05, 4.69) is 34.0 Å². The average Bonchev–Trinajstić information content (AvgIpc) is 2.83. The normalized spacial score (nSPS) is 22.0. The van der Waals surface area contributed by atoms with E-state index < -0.39 is 0 Å². The lowest BCUT2D eigenvalue weighted by molar-refractivity contribution is -0.885. The van der Waals surface area contributed by atoms with Crippen LogP contribution in [0.15, 0.2) is 22.7 Å². The third kappa shape index (κ3) is 2.79. The van der Waals surface area contributed by atoms with Gasteiger partial charge in [0.05, 0.1) is 20.1 Å². The van der Waals surface area contributed by atoms with Crippen LogP contribution >= 0.6 is 15.9 Å². The Balaban J connectivity index is 1.87. The molecular formula is C17H23BrN3O+. The number of piperidine rings is 1. The van der Waals surface area contributed by atoms with Crippen LogP contribution in [0.25, 0.3) is 10.9 Å². The standard InChI is InChI=1S/C17H22BrN3O/c1-11-14-10-12(18)4-5-15(14)19-16(11)17(22)21(3)13-6-8-20(2)9-7-13/h4-5,10,13,19H,6-9H2,1-3H3/p+1. The fourth-order valence-electron chi connectivity index (χ4n) is 3.34. The molecule has 0 saturated carbocycles. The van der Waals surface area contributed by atoms with Crippen LogP contribution in [0.2, 0.25) is 0 Å². The number of likely N-dealkylation sites (tertiary alicyclic amines) is 1. The Labute approximate surface area is 139 Å². The molecule has 2 heterocycles. The molecule has 22 heavy (non-hydrogen) atoms. The van der Waals surface area contributed by atoms with E-state index in [1.807, 2.05) is 31.0 Å². The predicted molar refractivity (Wildman–Crippen MR) is 92.5 cm³/mol. The zero-order valence-electron chi connectivity index (χ0n) is 13.4. The number of halogens is 1. The van der Waals surface area contributed by atoms with E-state index in [-0.39, 0.29) is 5.91 Å². The summed E-state index contributed by atoms with van der Waals surface area (Å²) in [5.41, 5.74) is 2.78. The molecule has 1 aromatic carbocycles. The Morgan fingerprint density at radius 1 is 1.36 bits per heavy atom. The number of benzene rings is 1. The van der Waals surface area contributed by atoms with Crippen LogP contribution in [0.3, 0.4) is 0 Å². The number of aromatic amines is 1. The monoisotopic (exact) mass is 364 g/mol. The largest absolute Gasteiger partial charge is 0.350 e. The predicted octanol–water partition coefficient (Wildman–Crippen LogP) is 1.99. The minimum atomic E-state index is 0.106. The number of hydrogen-bond donors (Lipinski definition) is 2. The summed E-state index contributed by atoms with van der Waals surface area (Å²) in [5, 5.41) is 1.11. The van der Waals surface area contributed by atoms with Crippen LogP contribution in [0.5, 0.6) is 0 Å². The summed E-state index contributed by atoms with van der Waals surface area (Å²) >= 11 is 3.50. The van der Waals surface area contributed by atoms with Crippen LogP contribution in [-0.2, 0) is 0 Å². The van der Waals surface area contributed by atoms with Gasteiger partial charge in [0.2, 0.25) is 0 Å². The van der Waals surface area contributed by atoms with Gasteiger partial charge in [0.1, 0.15) is 5.69 Å². The van der Waals surface area contributed by atoms with Crippen molar-refractivity contribution in [1.29, 1.82) is 0 Å². The number of aromatic nitrogens is 1. The molecule has 4 nitrogen and oxygen atoms in total. The summed E-state index contributed by atoms with van der Waals surface area (Å²) in [7, 11) is 4.16. The molecule has 1 aromatic heterocycles. The fourth-order valence-corrected chi connectivity index (χ4v) is 3.70. The molecule has 0 radical (unpaired) electrons. The number of quaternary nitrogens is 1. The molecule has 118 valence electrons. The maximum absolute atomic E-state index is 12.9. The lowest BCUT2D eigenvalue weighted by atomic mass is 10.0. The highest BCUT2D eigenvalue weighted by Crippen LogP contribution is 2.26. The lowest BCUT2D eigenvalue weighted by Crippen LogP contribution is -3.10. The van der Waals surface area contributed by atoms with Gasteiger partial charge in [-0.1, -0.05) is 15.9 Å². The molecule has 1 fully saturated rings. The molecule has 1 saturated heterocycles. The first-order valence-corrected chi connectivity index (χ1v) is 8.63. The molecule has 0 spiro atoms. The second-order valence-electron chi connectivity index (χ2n) is 6.42. The van der Waals surface area contributed by atoms with Crippen LogP contribution in [0, 0.1) is 6.92 Å². The zero-order chi connectivity index (χ0) is 15.9. The maximum Gasteiger partial charge on any atom is 0.270 e. The van der Waals surface area contributed by atoms with Gasteiger partial charge in [0, 0.05) is 41.3 Å². The number of nitrogens with one attached hydrogen (secondary N) is 2. The number of carbonyl (C=O) groups is 1. The van der Waals surface area contributed by atoms with E-state index >= 15 is 0 Å². The van der Waals surface area contributed by atoms with Crippen LogP contribution in [0.1, 0.15) is 28.9 Å². The Hall–Kier alpha value is -1.33. The number of rotatable bonds is 2. The van der Waals surface area contributed by atoms with Gasteiger partial charge >= 0.3 is 0 Å². The van der Waals surface area contributed by atoms with Crippen molar-refractivity contribution in [3.05, 3.63) is 33.9 Å². The molecule has 0 atom stereocenters. The molecule has 1 amide bonds. The molecule has 2 aromatic rings. The van der Waals surface area contributed by atoms with Gasteiger partial charge in [-0.15, -0.1) is 0 Å². The smallest absolute Gasteiger partial charge is 0.270 e. The minimum Gasteiger partial charge on any atom is -0.350 e. The van der Waals surface area contributed by atoms with Crippen molar-refractivity contribution >= 4 is 32.7 Å². The summed E-state index contributed by atoms with van der Waals surface area (Å²) in [6, 6.07) is 6.43. The van der Waals surface area contributed by atoms with Gasteiger partial charge in [-0.25, -0.2) is 0 Å². The second-order valence-corrected chi connectivity index (χ2v) is 7.33. The number of nitrogens with zero attached hydrogens (tertiary/aromatic N) is 1. The van der Waals surface area contributed by atoms with Gasteiger partial charge < -0.3 is 14.8 Å². The highest BCUT2D eigenvalue weighted by Gasteiger charge is 2.28. The molecular weight excluding hydrogens is 342 g/mol. The summed E-state index contributed by atoms with van der Waals surface area (Å²) in [4.78, 5) is 19.7. The third-order valence-electron chi connectivity index (χ3n) is 4.91. The second kappa shape index (κ2) is 6.05. The van der Waals surface area contributed by atoms with Crippen molar-refractivity contribution < 1.29 is 9.69 Å². The van der Waals surface area contributed by atoms with Gasteiger partial charge in [0.25, 0.3) is 5.91 Å². The quantitative estimate of drug-likeness (QED) is 0.840. The first kappa shape index (κ1) is 15.6. The van der Waals surface area contributed by atoms with Crippen molar-refractivity contribution in [2.75, 3.05) is 27.2 Å². The SMILES string of the molecule is Cc1c(C(=O)N(C)C2CC[NH+](C)CC2)[nH]c2ccc(Br)cc12. The molecule has 1 aliphatic heterocycles. The fraction of sp³-hybridized carbons (Fsp3) is 0.471. The highest BCUT2D eigenvalue weighted by atomic mass is 79.9. The van der Waals surface area contributed by atoms with Gasteiger partial charge in [-0.2, -0.15) is 0 Å². The number of H-pyrrole nitrogens is 1. The molecule has 2 N–H and O–H groups in total. The van der Waals surface area contributed by atoms with Crippen molar-refractivity contribution in [3.63, 3.8) is 0 Å². The summed E-state index contributed by atoms with van der Waals surface area (Å²) in [6.07, 6.45) is 2.16. The first-order valence-electron chi connectivity index (χ1n) is 7.83. The molecule has 0 aliphatic carbocycles. The minimum absolute atomic E-state index is 0.106. The Morgan fingerprint density at radius 2 is 2.05 bits per heavy atom. The Morgan fingerprint density at radius 3 is 2.73 bits per heavy atom. The molecule has 0 unspecified atom stereocenters. The van der Waals surface area contributed by atoms with Crippen LogP contribution in [-0.4, -0.2) is 49.0 Å². The van der Waals surface area contributed by atoms with E-state index in [9.17, 15) is 4.79 Å². The number of amides is 1. The average molecular weight is 365 g/mol. The van der Waals surface area contributed by atoms with Gasteiger partial charge in [0.15, 0.2) is 0 Å². The number of hydrogen-bond acceptors (Lipinski definition) is 1. The summed E-state index contributed by atoms with van der Waals surface area (Å²) < 4.78 is 1.03. The van der Waals surface area contributed by atoms with E-state index in [0.29, 0.717) is 6.04 Å². The van der Waals surface area contributed by atoms with E-state index in [4.69, 9.17) is 0 Å². The first-order chi connectivity index (χ1) is 10.5. The molecule has 5 heteroatoms. The molecule has 0 bridgehead atoms. The van der Waals surface area contributed by atoms with Gasteiger partial charge in [-0.3, -0.25) is 4.79 Å². The van der Waals surface area contributed by atoms with E-state index in [1.54, 1.807) is 4.90 Å². The Kier molecular flexibility index (Phi) is 4.28. The van der Waals surface area contributed by atoms with E-state index in [0.717, 1.165) is 52.6 Å². The highest BCUT2D eigenvalue weighted by molar-refractivity contribution is 9.10. The lowest BCUT2D eigenvalue weighted by Gasteiger charge is -2.33. The van der Waals surface area contributed by atoms with Crippen LogP contribution in [0.4, 0.5) is 0 Å². The summed E-state index contributed by atoms with van der Waals surface area (Å²) in [6.45, 7) is 4.30. The zero-order valence-corrected chi connectivity index (χ0v) is 15.0. The van der Waals surface area contributed by atoms with Crippen molar-refractivity contribution in [2.24, 2.45) is 0 Å². The third-order valence-corrected chi connectivity index (χ3v) is 5.40. The maximum atomic E-state index is 12.9. The van der Waals surface area contributed by atoms with Crippen LogP contribution < -0.4 is 4.90 Å². The molecule has 3 rings (SSSR count). The van der Waals surface area contributed by atoms with Crippen molar-refractivity contribution in [3.8, 4) is 0 Å². The number of fused-ring (bicyclic) bond motifs is 1. The number of aryl methyl sites for hydroxylation is 1. The van der Waals surface area contributed by atoms with E-state index in [1.165, 1.54) is 0 Å².